The summed E-state index contributed by atoms with van der Waals surface area (Å²) in [5.74, 6) is -0.222. The first-order valence-electron chi connectivity index (χ1n) is 10.5. The van der Waals surface area contributed by atoms with E-state index in [-0.39, 0.29) is 17.6 Å². The molecule has 0 unspecified atom stereocenters. The molecule has 0 bridgehead atoms. The van der Waals surface area contributed by atoms with E-state index in [2.05, 4.69) is 4.90 Å². The van der Waals surface area contributed by atoms with E-state index in [1.807, 2.05) is 6.07 Å². The lowest BCUT2D eigenvalue weighted by atomic mass is 9.97. The monoisotopic (exact) mass is 465 g/mol. The summed E-state index contributed by atoms with van der Waals surface area (Å²) in [7, 11) is 0. The molecule has 166 valence electrons. The van der Waals surface area contributed by atoms with Gasteiger partial charge in [-0.25, -0.2) is 9.18 Å². The Morgan fingerprint density at radius 3 is 2.35 bits per heavy atom. The van der Waals surface area contributed by atoms with Gasteiger partial charge in [0, 0.05) is 29.7 Å². The molecule has 1 saturated carbocycles. The Balaban J connectivity index is 1.42. The fraction of sp³-hybridized carbons (Fsp3) is 0.458. The van der Waals surface area contributed by atoms with E-state index in [1.54, 1.807) is 45.0 Å². The summed E-state index contributed by atoms with van der Waals surface area (Å²) in [6.45, 7) is 7.40. The topological polar surface area (TPSA) is 38.8 Å². The van der Waals surface area contributed by atoms with Crippen molar-refractivity contribution in [2.75, 3.05) is 13.1 Å². The van der Waals surface area contributed by atoms with Crippen molar-refractivity contribution in [3.05, 3.63) is 62.9 Å². The Hall–Kier alpha value is -1.82. The molecule has 2 fully saturated rings. The molecule has 1 heterocycles. The van der Waals surface area contributed by atoms with Crippen molar-refractivity contribution in [1.82, 2.24) is 4.90 Å². The van der Waals surface area contributed by atoms with Crippen molar-refractivity contribution in [1.29, 1.82) is 0 Å². The summed E-state index contributed by atoms with van der Waals surface area (Å²) >= 11 is 12.1. The number of nitrogens with zero attached hydrogens (tertiary/aromatic N) is 1. The minimum absolute atomic E-state index is 0.0169. The molecule has 2 aromatic rings. The Labute approximate surface area is 192 Å². The van der Waals surface area contributed by atoms with Crippen molar-refractivity contribution < 1.29 is 18.7 Å². The summed E-state index contributed by atoms with van der Waals surface area (Å²) < 4.78 is 26.6. The molecule has 31 heavy (non-hydrogen) atoms. The van der Waals surface area contributed by atoms with E-state index < -0.39 is 17.4 Å². The standard InChI is InChI=1S/C24H26Cl2FNO3/c1-24(2,3)31-23(29)20-7-6-15(21(22(20)27)14-4-5-14)11-28-12-19(13-28)30-18-9-16(25)8-17(26)10-18/h6-10,14,19H,4-5,11-13H2,1-3H3. The van der Waals surface area contributed by atoms with Crippen LogP contribution in [-0.2, 0) is 11.3 Å². The van der Waals surface area contributed by atoms with Crippen LogP contribution in [0.3, 0.4) is 0 Å². The summed E-state index contributed by atoms with van der Waals surface area (Å²) in [6, 6.07) is 8.56. The van der Waals surface area contributed by atoms with Gasteiger partial charge in [0.15, 0.2) is 0 Å². The van der Waals surface area contributed by atoms with Crippen LogP contribution in [0.25, 0.3) is 0 Å². The molecule has 0 aromatic heterocycles. The number of hydrogen-bond donors (Lipinski definition) is 0. The van der Waals surface area contributed by atoms with E-state index in [0.29, 0.717) is 27.9 Å². The fourth-order valence-electron chi connectivity index (χ4n) is 3.83. The smallest absolute Gasteiger partial charge is 0.341 e. The van der Waals surface area contributed by atoms with Crippen LogP contribution in [0.4, 0.5) is 4.39 Å². The van der Waals surface area contributed by atoms with E-state index >= 15 is 4.39 Å². The van der Waals surface area contributed by atoms with Crippen LogP contribution in [0.5, 0.6) is 5.75 Å². The van der Waals surface area contributed by atoms with Gasteiger partial charge in [0.25, 0.3) is 0 Å². The highest BCUT2D eigenvalue weighted by Gasteiger charge is 2.35. The number of carbonyl (C=O) groups is 1. The minimum Gasteiger partial charge on any atom is -0.488 e. The Bertz CT molecular complexity index is 975. The second kappa shape index (κ2) is 8.61. The summed E-state index contributed by atoms with van der Waals surface area (Å²) in [5.41, 5.74) is 0.941. The van der Waals surface area contributed by atoms with Gasteiger partial charge in [0.1, 0.15) is 23.3 Å². The zero-order valence-corrected chi connectivity index (χ0v) is 19.4. The molecule has 2 aromatic carbocycles. The number of rotatable bonds is 6. The quantitative estimate of drug-likeness (QED) is 0.474. The average molecular weight is 466 g/mol. The van der Waals surface area contributed by atoms with E-state index in [1.165, 1.54) is 0 Å². The molecule has 0 atom stereocenters. The second-order valence-corrected chi connectivity index (χ2v) is 10.2. The first-order valence-corrected chi connectivity index (χ1v) is 11.2. The number of esters is 1. The van der Waals surface area contributed by atoms with E-state index in [0.717, 1.165) is 31.5 Å². The highest BCUT2D eigenvalue weighted by molar-refractivity contribution is 6.34. The molecule has 0 radical (unpaired) electrons. The molecule has 4 nitrogen and oxygen atoms in total. The van der Waals surface area contributed by atoms with Crippen molar-refractivity contribution in [3.63, 3.8) is 0 Å². The third-order valence-electron chi connectivity index (χ3n) is 5.33. The third-order valence-corrected chi connectivity index (χ3v) is 5.77. The number of hydrogen-bond acceptors (Lipinski definition) is 4. The normalized spacial score (nSPS) is 17.4. The van der Waals surface area contributed by atoms with Gasteiger partial charge in [0.05, 0.1) is 5.56 Å². The fourth-order valence-corrected chi connectivity index (χ4v) is 4.34. The maximum absolute atomic E-state index is 15.3. The lowest BCUT2D eigenvalue weighted by Gasteiger charge is -2.39. The first-order chi connectivity index (χ1) is 14.6. The number of likely N-dealkylation sites (tertiary alicyclic amines) is 1. The molecule has 1 aliphatic heterocycles. The molecule has 1 aliphatic carbocycles. The highest BCUT2D eigenvalue weighted by atomic mass is 35.5. The number of halogens is 3. The van der Waals surface area contributed by atoms with Crippen molar-refractivity contribution in [2.24, 2.45) is 0 Å². The maximum Gasteiger partial charge on any atom is 0.341 e. The van der Waals surface area contributed by atoms with Crippen LogP contribution in [0, 0.1) is 5.82 Å². The molecular weight excluding hydrogens is 440 g/mol. The molecule has 0 spiro atoms. The van der Waals surface area contributed by atoms with Gasteiger partial charge in [-0.1, -0.05) is 29.3 Å². The summed E-state index contributed by atoms with van der Waals surface area (Å²) in [5, 5.41) is 1.07. The average Bonchev–Trinajstić information content (AvgIpc) is 3.42. The lowest BCUT2D eigenvalue weighted by molar-refractivity contribution is 0.00643. The van der Waals surface area contributed by atoms with Crippen molar-refractivity contribution >= 4 is 29.2 Å². The number of ether oxygens (including phenoxy) is 2. The molecule has 4 rings (SSSR count). The van der Waals surface area contributed by atoms with Crippen LogP contribution >= 0.6 is 23.2 Å². The van der Waals surface area contributed by atoms with Crippen LogP contribution in [0.15, 0.2) is 30.3 Å². The van der Waals surface area contributed by atoms with Crippen LogP contribution in [-0.4, -0.2) is 35.7 Å². The molecule has 2 aliphatic rings. The zero-order chi connectivity index (χ0) is 22.3. The highest BCUT2D eigenvalue weighted by Crippen LogP contribution is 2.44. The maximum atomic E-state index is 15.3. The second-order valence-electron chi connectivity index (χ2n) is 9.32. The molecule has 1 saturated heterocycles. The number of carbonyl (C=O) groups excluding carboxylic acids is 1. The zero-order valence-electron chi connectivity index (χ0n) is 17.9. The van der Waals surface area contributed by atoms with Gasteiger partial charge in [-0.2, -0.15) is 0 Å². The Morgan fingerprint density at radius 1 is 1.13 bits per heavy atom. The van der Waals surface area contributed by atoms with Crippen LogP contribution in [0.2, 0.25) is 10.0 Å². The van der Waals surface area contributed by atoms with Gasteiger partial charge in [-0.3, -0.25) is 4.90 Å². The largest absolute Gasteiger partial charge is 0.488 e. The molecule has 0 amide bonds. The molecule has 7 heteroatoms. The van der Waals surface area contributed by atoms with Crippen LogP contribution < -0.4 is 4.74 Å². The van der Waals surface area contributed by atoms with E-state index in [9.17, 15) is 4.79 Å². The summed E-state index contributed by atoms with van der Waals surface area (Å²) in [4.78, 5) is 14.6. The molecular formula is C24H26Cl2FNO3. The number of benzene rings is 2. The van der Waals surface area contributed by atoms with Gasteiger partial charge in [-0.05, 0) is 74.9 Å². The SMILES string of the molecule is CC(C)(C)OC(=O)c1ccc(CN2CC(Oc3cc(Cl)cc(Cl)c3)C2)c(C2CC2)c1F. The van der Waals surface area contributed by atoms with Gasteiger partial charge in [0.2, 0.25) is 0 Å². The lowest BCUT2D eigenvalue weighted by Crippen LogP contribution is -2.53. The first kappa shape index (κ1) is 22.4. The predicted molar refractivity (Wildman–Crippen MR) is 120 cm³/mol. The Kier molecular flexibility index (Phi) is 6.21. The van der Waals surface area contributed by atoms with Crippen molar-refractivity contribution in [2.45, 2.75) is 57.8 Å². The molecule has 0 N–H and O–H groups in total. The summed E-state index contributed by atoms with van der Waals surface area (Å²) in [6.07, 6.45) is 1.93. The predicted octanol–water partition coefficient (Wildman–Crippen LogP) is 6.23. The Morgan fingerprint density at radius 2 is 1.77 bits per heavy atom. The van der Waals surface area contributed by atoms with Gasteiger partial charge in [-0.15, -0.1) is 0 Å². The van der Waals surface area contributed by atoms with E-state index in [4.69, 9.17) is 32.7 Å². The van der Waals surface area contributed by atoms with Gasteiger partial charge < -0.3 is 9.47 Å². The minimum atomic E-state index is -0.665. The third kappa shape index (κ3) is 5.51. The van der Waals surface area contributed by atoms with Gasteiger partial charge >= 0.3 is 5.97 Å². The van der Waals surface area contributed by atoms with Crippen molar-refractivity contribution in [3.8, 4) is 5.75 Å². The van der Waals surface area contributed by atoms with Crippen LogP contribution in [0.1, 0.15) is 61.0 Å².